The number of carbonyl (C=O) groups excluding carboxylic acids is 2. The van der Waals surface area contributed by atoms with E-state index in [0.29, 0.717) is 18.5 Å². The van der Waals surface area contributed by atoms with Crippen LogP contribution in [0.3, 0.4) is 0 Å². The van der Waals surface area contributed by atoms with E-state index in [2.05, 4.69) is 15.6 Å². The number of urea groups is 1. The van der Waals surface area contributed by atoms with Gasteiger partial charge in [-0.15, -0.1) is 0 Å². The number of amides is 3. The van der Waals surface area contributed by atoms with Crippen molar-refractivity contribution in [3.63, 3.8) is 0 Å². The third-order valence-corrected chi connectivity index (χ3v) is 5.30. The number of benzene rings is 1. The van der Waals surface area contributed by atoms with Crippen LogP contribution in [-0.4, -0.2) is 40.1 Å². The van der Waals surface area contributed by atoms with Crippen LogP contribution in [-0.2, 0) is 10.3 Å². The number of aliphatic hydroxyl groups is 1. The number of carbonyl (C=O) groups is 2. The number of aliphatic hydroxyl groups excluding tert-OH is 1. The van der Waals surface area contributed by atoms with E-state index in [9.17, 15) is 19.1 Å². The first kappa shape index (κ1) is 18.8. The van der Waals surface area contributed by atoms with Crippen molar-refractivity contribution >= 4 is 17.6 Å². The first-order valence-corrected chi connectivity index (χ1v) is 9.12. The van der Waals surface area contributed by atoms with Gasteiger partial charge in [-0.1, -0.05) is 6.07 Å². The molecule has 1 fully saturated rings. The highest BCUT2D eigenvalue weighted by molar-refractivity contribution is 5.96. The van der Waals surface area contributed by atoms with Crippen molar-refractivity contribution in [1.82, 2.24) is 15.2 Å². The number of hydrogen-bond donors (Lipinski definition) is 3. The average molecular weight is 395 g/mol. The summed E-state index contributed by atoms with van der Waals surface area (Å²) in [5.74, 6) is -1.23. The lowest BCUT2D eigenvalue weighted by atomic mass is 10.0. The Morgan fingerprint density at radius 3 is 2.90 bits per heavy atom. The molecule has 0 saturated heterocycles. The van der Waals surface area contributed by atoms with E-state index in [1.165, 1.54) is 17.0 Å². The molecule has 0 bridgehead atoms. The lowest BCUT2D eigenvalue weighted by Crippen LogP contribution is -2.52. The summed E-state index contributed by atoms with van der Waals surface area (Å²) in [5, 5.41) is 23.8. The highest BCUT2D eigenvalue weighted by Gasteiger charge is 2.56. The molecule has 1 aromatic heterocycles. The van der Waals surface area contributed by atoms with Crippen LogP contribution in [0.5, 0.6) is 0 Å². The molecular formula is C20H18FN5O3. The third kappa shape index (κ3) is 3.28. The predicted molar refractivity (Wildman–Crippen MR) is 100.0 cm³/mol. The van der Waals surface area contributed by atoms with Crippen LogP contribution in [0.25, 0.3) is 0 Å². The van der Waals surface area contributed by atoms with Crippen molar-refractivity contribution < 1.29 is 19.1 Å². The SMILES string of the molecule is N#Cc1ccc([C@H](CO)NC(=O)CN2C(=O)Nc3cccnc3C23CC3)c(F)c1. The molecule has 1 atom stereocenters. The fourth-order valence-electron chi connectivity index (χ4n) is 3.71. The summed E-state index contributed by atoms with van der Waals surface area (Å²) in [4.78, 5) is 31.0. The van der Waals surface area contributed by atoms with E-state index in [1.807, 2.05) is 6.07 Å². The normalized spacial score (nSPS) is 17.1. The second-order valence-corrected chi connectivity index (χ2v) is 7.10. The fraction of sp³-hybridized carbons (Fsp3) is 0.300. The summed E-state index contributed by atoms with van der Waals surface area (Å²) in [5.41, 5.74) is 0.964. The van der Waals surface area contributed by atoms with Gasteiger partial charge in [0.15, 0.2) is 0 Å². The number of rotatable bonds is 5. The zero-order valence-corrected chi connectivity index (χ0v) is 15.4. The topological polar surface area (TPSA) is 118 Å². The molecule has 148 valence electrons. The van der Waals surface area contributed by atoms with Crippen molar-refractivity contribution in [2.75, 3.05) is 18.5 Å². The second-order valence-electron chi connectivity index (χ2n) is 7.10. The number of aromatic nitrogens is 1. The summed E-state index contributed by atoms with van der Waals surface area (Å²) in [6.07, 6.45) is 3.04. The Kier molecular flexibility index (Phi) is 4.64. The first-order valence-electron chi connectivity index (χ1n) is 9.12. The van der Waals surface area contributed by atoms with Gasteiger partial charge >= 0.3 is 6.03 Å². The average Bonchev–Trinajstić information content (AvgIpc) is 3.51. The number of anilines is 1. The molecule has 1 aliphatic heterocycles. The molecule has 1 spiro atoms. The highest BCUT2D eigenvalue weighted by atomic mass is 19.1. The minimum atomic E-state index is -0.997. The van der Waals surface area contributed by atoms with Crippen LogP contribution in [0, 0.1) is 17.1 Å². The Hall–Kier alpha value is -3.51. The first-order chi connectivity index (χ1) is 14.0. The maximum absolute atomic E-state index is 14.2. The molecular weight excluding hydrogens is 377 g/mol. The smallest absolute Gasteiger partial charge is 0.323 e. The molecule has 3 N–H and O–H groups in total. The van der Waals surface area contributed by atoms with E-state index in [4.69, 9.17) is 5.26 Å². The molecule has 1 saturated carbocycles. The Morgan fingerprint density at radius 2 is 2.24 bits per heavy atom. The van der Waals surface area contributed by atoms with E-state index in [0.717, 1.165) is 11.8 Å². The molecule has 4 rings (SSSR count). The number of nitriles is 1. The number of pyridine rings is 1. The summed E-state index contributed by atoms with van der Waals surface area (Å²) in [7, 11) is 0. The van der Waals surface area contributed by atoms with Gasteiger partial charge in [-0.25, -0.2) is 9.18 Å². The summed E-state index contributed by atoms with van der Waals surface area (Å²) in [6, 6.07) is 7.74. The van der Waals surface area contributed by atoms with Gasteiger partial charge in [-0.2, -0.15) is 5.26 Å². The lowest BCUT2D eigenvalue weighted by Gasteiger charge is -2.36. The monoisotopic (exact) mass is 395 g/mol. The summed E-state index contributed by atoms with van der Waals surface area (Å²) < 4.78 is 14.2. The molecule has 1 aromatic carbocycles. The van der Waals surface area contributed by atoms with Crippen molar-refractivity contribution in [1.29, 1.82) is 5.26 Å². The largest absolute Gasteiger partial charge is 0.394 e. The summed E-state index contributed by atoms with van der Waals surface area (Å²) in [6.45, 7) is -0.785. The summed E-state index contributed by atoms with van der Waals surface area (Å²) >= 11 is 0. The molecule has 2 heterocycles. The van der Waals surface area contributed by atoms with E-state index < -0.39 is 35.9 Å². The van der Waals surface area contributed by atoms with Gasteiger partial charge in [-0.3, -0.25) is 9.78 Å². The zero-order valence-electron chi connectivity index (χ0n) is 15.4. The van der Waals surface area contributed by atoms with Gasteiger partial charge in [0.05, 0.1) is 41.2 Å². The maximum Gasteiger partial charge on any atom is 0.323 e. The lowest BCUT2D eigenvalue weighted by molar-refractivity contribution is -0.123. The van der Waals surface area contributed by atoms with Crippen LogP contribution in [0.1, 0.15) is 35.7 Å². The van der Waals surface area contributed by atoms with E-state index >= 15 is 0 Å². The minimum Gasteiger partial charge on any atom is -0.394 e. The molecule has 8 nitrogen and oxygen atoms in total. The van der Waals surface area contributed by atoms with Crippen molar-refractivity contribution in [3.05, 3.63) is 59.2 Å². The van der Waals surface area contributed by atoms with Crippen LogP contribution in [0.15, 0.2) is 36.5 Å². The van der Waals surface area contributed by atoms with Crippen molar-refractivity contribution in [2.45, 2.75) is 24.4 Å². The van der Waals surface area contributed by atoms with Crippen LogP contribution in [0.4, 0.5) is 14.9 Å². The zero-order chi connectivity index (χ0) is 20.6. The van der Waals surface area contributed by atoms with E-state index in [-0.39, 0.29) is 17.7 Å². The number of halogens is 1. The van der Waals surface area contributed by atoms with Gasteiger partial charge < -0.3 is 20.6 Å². The molecule has 0 radical (unpaired) electrons. The van der Waals surface area contributed by atoms with Crippen LogP contribution in [0.2, 0.25) is 0 Å². The number of hydrogen-bond acceptors (Lipinski definition) is 5. The predicted octanol–water partition coefficient (Wildman–Crippen LogP) is 1.78. The molecule has 1 aliphatic carbocycles. The quantitative estimate of drug-likeness (QED) is 0.713. The minimum absolute atomic E-state index is 0.0658. The van der Waals surface area contributed by atoms with Gasteiger partial charge in [-0.05, 0) is 37.1 Å². The molecule has 29 heavy (non-hydrogen) atoms. The molecule has 2 aliphatic rings. The van der Waals surface area contributed by atoms with E-state index in [1.54, 1.807) is 18.3 Å². The number of nitrogens with one attached hydrogen (secondary N) is 2. The molecule has 9 heteroatoms. The molecule has 3 amide bonds. The van der Waals surface area contributed by atoms with Gasteiger partial charge in [0.1, 0.15) is 12.4 Å². The Morgan fingerprint density at radius 1 is 1.45 bits per heavy atom. The Bertz CT molecular complexity index is 1030. The number of fused-ring (bicyclic) bond motifs is 2. The van der Waals surface area contributed by atoms with Crippen molar-refractivity contribution in [2.24, 2.45) is 0 Å². The van der Waals surface area contributed by atoms with Gasteiger partial charge in [0.25, 0.3) is 0 Å². The fourth-order valence-corrected chi connectivity index (χ4v) is 3.71. The highest BCUT2D eigenvalue weighted by Crippen LogP contribution is 2.54. The maximum atomic E-state index is 14.2. The third-order valence-electron chi connectivity index (χ3n) is 5.30. The second kappa shape index (κ2) is 7.14. The van der Waals surface area contributed by atoms with Crippen molar-refractivity contribution in [3.8, 4) is 6.07 Å². The van der Waals surface area contributed by atoms with Gasteiger partial charge in [0.2, 0.25) is 5.91 Å². The van der Waals surface area contributed by atoms with Crippen LogP contribution < -0.4 is 10.6 Å². The van der Waals surface area contributed by atoms with Crippen LogP contribution >= 0.6 is 0 Å². The number of nitrogens with zero attached hydrogens (tertiary/aromatic N) is 3. The molecule has 0 unspecified atom stereocenters. The standard InChI is InChI=1S/C20H18FN5O3/c21-14-8-12(9-22)3-4-13(14)16(11-27)24-17(28)10-26-19(29)25-15-2-1-7-23-18(15)20(26)5-6-20/h1-4,7-8,16,27H,5-6,10-11H2,(H,24,28)(H,25,29)/t16-/m0/s1. The molecule has 2 aromatic rings. The van der Waals surface area contributed by atoms with Gasteiger partial charge in [0, 0.05) is 11.8 Å². The Labute approximate surface area is 166 Å². The Balaban J connectivity index is 1.51.